The molecule has 2 unspecified atom stereocenters. The monoisotopic (exact) mass is 396 g/mol. The number of phenolic OH excluding ortho intramolecular Hbond substituents is 1. The fourth-order valence-electron chi connectivity index (χ4n) is 2.82. The normalized spacial score (nSPS) is 19.7. The van der Waals surface area contributed by atoms with Gasteiger partial charge in [-0.15, -0.1) is 0 Å². The van der Waals surface area contributed by atoms with Crippen molar-refractivity contribution >= 4 is 19.8 Å². The lowest BCUT2D eigenvalue weighted by atomic mass is 10.0. The fourth-order valence-corrected chi connectivity index (χ4v) is 4.27. The predicted octanol–water partition coefficient (Wildman–Crippen LogP) is -0.335. The highest BCUT2D eigenvalue weighted by Crippen LogP contribution is 2.32. The van der Waals surface area contributed by atoms with E-state index >= 15 is 0 Å². The molecular formula is C17H27N5O4P+. The van der Waals surface area contributed by atoms with Gasteiger partial charge in [-0.1, -0.05) is 17.2 Å². The van der Waals surface area contributed by atoms with E-state index in [-0.39, 0.29) is 18.1 Å². The van der Waals surface area contributed by atoms with Gasteiger partial charge in [-0.3, -0.25) is 9.59 Å². The van der Waals surface area contributed by atoms with Crippen LogP contribution in [0.25, 0.3) is 0 Å². The lowest BCUT2D eigenvalue weighted by Gasteiger charge is -2.26. The zero-order chi connectivity index (χ0) is 19.9. The van der Waals surface area contributed by atoms with E-state index in [9.17, 15) is 19.3 Å². The molecule has 1 fully saturated rings. The molecule has 1 heterocycles. The number of benzene rings is 1. The number of carbonyl (C=O) groups excluding carboxylic acids is 2. The van der Waals surface area contributed by atoms with Crippen LogP contribution in [-0.4, -0.2) is 47.9 Å². The number of phenols is 1. The minimum atomic E-state index is -2.25. The molecule has 0 bridgehead atoms. The Morgan fingerprint density at radius 1 is 1.37 bits per heavy atom. The molecule has 0 aromatic heterocycles. The van der Waals surface area contributed by atoms with Gasteiger partial charge in [0, 0.05) is 25.9 Å². The lowest BCUT2D eigenvalue weighted by Crippen LogP contribution is -2.63. The summed E-state index contributed by atoms with van der Waals surface area (Å²) in [5.74, 6) is -0.736. The number of rotatable bonds is 9. The minimum absolute atomic E-state index is 0.0388. The molecule has 3 atom stereocenters. The van der Waals surface area contributed by atoms with Crippen LogP contribution in [0.4, 0.5) is 0 Å². The smallest absolute Gasteiger partial charge is 0.447 e. The summed E-state index contributed by atoms with van der Waals surface area (Å²) in [4.78, 5) is 24.7. The second-order valence-electron chi connectivity index (χ2n) is 6.60. The molecule has 0 spiro atoms. The van der Waals surface area contributed by atoms with Crippen molar-refractivity contribution in [2.75, 3.05) is 19.6 Å². The number of nitrogens with two attached hydrogens (primary N) is 2. The molecule has 8 N–H and O–H groups in total. The summed E-state index contributed by atoms with van der Waals surface area (Å²) >= 11 is 0. The second kappa shape index (κ2) is 9.75. The molecule has 10 heteroatoms. The van der Waals surface area contributed by atoms with Gasteiger partial charge in [-0.2, -0.15) is 0 Å². The summed E-state index contributed by atoms with van der Waals surface area (Å²) in [5.41, 5.74) is 10.0. The Morgan fingerprint density at radius 2 is 2.07 bits per heavy atom. The first-order chi connectivity index (χ1) is 12.9. The van der Waals surface area contributed by atoms with Gasteiger partial charge in [0.2, 0.25) is 0 Å². The van der Waals surface area contributed by atoms with Gasteiger partial charge in [0.05, 0.1) is 0 Å². The Balaban J connectivity index is 2.16. The number of hydrogen-bond acceptors (Lipinski definition) is 6. The molecule has 0 aliphatic carbocycles. The summed E-state index contributed by atoms with van der Waals surface area (Å²) in [5, 5.41) is 17.5. The molecule has 1 aliphatic rings. The second-order valence-corrected chi connectivity index (χ2v) is 8.10. The Kier molecular flexibility index (Phi) is 7.67. The molecular weight excluding hydrogens is 369 g/mol. The third-order valence-corrected chi connectivity index (χ3v) is 6.02. The molecule has 27 heavy (non-hydrogen) atoms. The van der Waals surface area contributed by atoms with Gasteiger partial charge in [-0.05, 0) is 41.6 Å². The highest BCUT2D eigenvalue weighted by atomic mass is 31.1. The van der Waals surface area contributed by atoms with Crippen LogP contribution < -0.4 is 27.2 Å². The summed E-state index contributed by atoms with van der Waals surface area (Å²) in [7, 11) is -2.25. The summed E-state index contributed by atoms with van der Waals surface area (Å²) in [6.07, 6.45) is 1.81. The van der Waals surface area contributed by atoms with Crippen LogP contribution in [0.15, 0.2) is 24.3 Å². The average molecular weight is 396 g/mol. The van der Waals surface area contributed by atoms with Gasteiger partial charge in [0.25, 0.3) is 17.5 Å². The molecule has 0 radical (unpaired) electrons. The molecule has 1 aromatic rings. The van der Waals surface area contributed by atoms with E-state index in [4.69, 9.17) is 11.5 Å². The number of nitrogens with one attached hydrogen (secondary N) is 3. The standard InChI is InChI=1S/C17H26N5O4P/c18-8-2-10-21-16(25)17(19,11-12-4-6-13(23)7-5-12)22-27(26)14-3-1-9-20-15(14)24/h4-7,14H,1-3,8-11,18-19H2,(H3-,20,21,22,23,24,25,26)/p+1/t14-,17?/m0/s1. The maximum Gasteiger partial charge on any atom is 0.447 e. The third kappa shape index (κ3) is 5.97. The number of amides is 2. The first-order valence-electron chi connectivity index (χ1n) is 8.93. The molecule has 0 saturated carbocycles. The largest absolute Gasteiger partial charge is 0.508 e. The van der Waals surface area contributed by atoms with Crippen LogP contribution in [0, 0.1) is 0 Å². The summed E-state index contributed by atoms with van der Waals surface area (Å²) in [6.45, 7) is 1.31. The molecule has 1 aliphatic heterocycles. The minimum Gasteiger partial charge on any atom is -0.508 e. The van der Waals surface area contributed by atoms with Gasteiger partial charge < -0.3 is 27.2 Å². The Hall–Kier alpha value is -2.06. The topological polar surface area (TPSA) is 160 Å². The molecule has 1 saturated heterocycles. The van der Waals surface area contributed by atoms with E-state index in [1.807, 2.05) is 0 Å². The van der Waals surface area contributed by atoms with Gasteiger partial charge in [0.15, 0.2) is 5.66 Å². The highest BCUT2D eigenvalue weighted by molar-refractivity contribution is 7.44. The highest BCUT2D eigenvalue weighted by Gasteiger charge is 2.47. The SMILES string of the molecule is NCCCNC(=O)C(N)(Cc1ccc(O)cc1)N[P+](=O)[C@H]1CCCNC1=O. The average Bonchev–Trinajstić information content (AvgIpc) is 2.64. The van der Waals surface area contributed by atoms with Crippen LogP contribution in [0.3, 0.4) is 0 Å². The van der Waals surface area contributed by atoms with Crippen molar-refractivity contribution in [3.63, 3.8) is 0 Å². The molecule has 148 valence electrons. The number of piperidine rings is 1. The Morgan fingerprint density at radius 3 is 2.70 bits per heavy atom. The van der Waals surface area contributed by atoms with Crippen molar-refractivity contribution in [3.05, 3.63) is 29.8 Å². The maximum atomic E-state index is 12.8. The molecule has 2 amide bonds. The zero-order valence-electron chi connectivity index (χ0n) is 15.1. The van der Waals surface area contributed by atoms with Crippen molar-refractivity contribution in [2.24, 2.45) is 11.5 Å². The number of carbonyl (C=O) groups is 2. The fraction of sp³-hybridized carbons (Fsp3) is 0.529. The number of aromatic hydroxyl groups is 1. The van der Waals surface area contributed by atoms with Crippen LogP contribution >= 0.6 is 7.95 Å². The van der Waals surface area contributed by atoms with Crippen molar-refractivity contribution in [3.8, 4) is 5.75 Å². The van der Waals surface area contributed by atoms with Crippen LogP contribution in [0.5, 0.6) is 5.75 Å². The van der Waals surface area contributed by atoms with E-state index in [1.54, 1.807) is 12.1 Å². The van der Waals surface area contributed by atoms with E-state index in [0.717, 1.165) is 6.42 Å². The summed E-state index contributed by atoms with van der Waals surface area (Å²) in [6, 6.07) is 6.23. The first kappa shape index (κ1) is 21.2. The maximum absolute atomic E-state index is 12.8. The molecule has 9 nitrogen and oxygen atoms in total. The predicted molar refractivity (Wildman–Crippen MR) is 102 cm³/mol. The Labute approximate surface area is 159 Å². The van der Waals surface area contributed by atoms with Crippen LogP contribution in [0.1, 0.15) is 24.8 Å². The molecule has 2 rings (SSSR count). The van der Waals surface area contributed by atoms with E-state index in [2.05, 4.69) is 15.7 Å². The lowest BCUT2D eigenvalue weighted by molar-refractivity contribution is -0.127. The van der Waals surface area contributed by atoms with Crippen molar-refractivity contribution < 1.29 is 19.3 Å². The van der Waals surface area contributed by atoms with Crippen molar-refractivity contribution in [1.29, 1.82) is 0 Å². The van der Waals surface area contributed by atoms with Gasteiger partial charge in [0.1, 0.15) is 5.75 Å². The van der Waals surface area contributed by atoms with Gasteiger partial charge in [-0.25, -0.2) is 0 Å². The van der Waals surface area contributed by atoms with Crippen molar-refractivity contribution in [2.45, 2.75) is 37.0 Å². The van der Waals surface area contributed by atoms with E-state index in [1.165, 1.54) is 12.1 Å². The first-order valence-corrected chi connectivity index (χ1v) is 10.3. The zero-order valence-corrected chi connectivity index (χ0v) is 16.0. The van der Waals surface area contributed by atoms with Crippen molar-refractivity contribution in [1.82, 2.24) is 15.7 Å². The third-order valence-electron chi connectivity index (χ3n) is 4.34. The molecule has 1 aromatic carbocycles. The van der Waals surface area contributed by atoms with E-state index < -0.39 is 25.2 Å². The van der Waals surface area contributed by atoms with Gasteiger partial charge >= 0.3 is 7.95 Å². The van der Waals surface area contributed by atoms with Crippen LogP contribution in [0.2, 0.25) is 0 Å². The number of hydrogen-bond donors (Lipinski definition) is 6. The van der Waals surface area contributed by atoms with Crippen LogP contribution in [-0.2, 0) is 20.6 Å². The van der Waals surface area contributed by atoms with E-state index in [0.29, 0.717) is 38.0 Å². The quantitative estimate of drug-likeness (QED) is 0.189. The Bertz CT molecular complexity index is 684. The summed E-state index contributed by atoms with van der Waals surface area (Å²) < 4.78 is 12.8.